The molecule has 1 aliphatic carbocycles. The fraction of sp³-hybridized carbons (Fsp3) is 0.571. The van der Waals surface area contributed by atoms with Gasteiger partial charge in [-0.1, -0.05) is 17.3 Å². The third kappa shape index (κ3) is 4.70. The van der Waals surface area contributed by atoms with E-state index in [-0.39, 0.29) is 25.3 Å². The van der Waals surface area contributed by atoms with Gasteiger partial charge in [0.2, 0.25) is 0 Å². The fourth-order valence-corrected chi connectivity index (χ4v) is 4.00. The van der Waals surface area contributed by atoms with E-state index >= 15 is 0 Å². The minimum Gasteiger partial charge on any atom is -0.466 e. The predicted molar refractivity (Wildman–Crippen MR) is 108 cm³/mol. The standard InChI is InChI=1S/C21H30N2O6/c1-6-28-19(24)17-15(22-27)12-21(3,26)18(20(25)29-7-2)16(17)13-8-10-14(11-9-13)23(4)5/h8-11,16-18,26-27H,6-7,12H2,1-5H3/b22-15+/t16-,17-,18+,21-/m1/s1. The van der Waals surface area contributed by atoms with Crippen molar-refractivity contribution in [3.05, 3.63) is 29.8 Å². The molecule has 29 heavy (non-hydrogen) atoms. The molecule has 0 unspecified atom stereocenters. The number of anilines is 1. The molecule has 0 bridgehead atoms. The maximum Gasteiger partial charge on any atom is 0.315 e. The summed E-state index contributed by atoms with van der Waals surface area (Å²) >= 11 is 0. The molecule has 0 radical (unpaired) electrons. The van der Waals surface area contributed by atoms with E-state index in [1.165, 1.54) is 6.92 Å². The number of nitrogens with zero attached hydrogens (tertiary/aromatic N) is 2. The topological polar surface area (TPSA) is 109 Å². The summed E-state index contributed by atoms with van der Waals surface area (Å²) in [5, 5.41) is 23.9. The van der Waals surface area contributed by atoms with Gasteiger partial charge in [-0.25, -0.2) is 0 Å². The Hall–Kier alpha value is -2.61. The molecule has 4 atom stereocenters. The molecule has 0 aliphatic heterocycles. The Morgan fingerprint density at radius 3 is 2.17 bits per heavy atom. The van der Waals surface area contributed by atoms with E-state index in [2.05, 4.69) is 5.16 Å². The van der Waals surface area contributed by atoms with Crippen LogP contribution in [0.1, 0.15) is 38.7 Å². The summed E-state index contributed by atoms with van der Waals surface area (Å²) < 4.78 is 10.4. The highest BCUT2D eigenvalue weighted by molar-refractivity contribution is 6.05. The number of carbonyl (C=O) groups excluding carboxylic acids is 2. The van der Waals surface area contributed by atoms with Gasteiger partial charge in [-0.05, 0) is 38.5 Å². The van der Waals surface area contributed by atoms with Crippen LogP contribution in [0.25, 0.3) is 0 Å². The molecule has 0 amide bonds. The van der Waals surface area contributed by atoms with Crippen molar-refractivity contribution in [2.45, 2.75) is 38.7 Å². The molecule has 1 fully saturated rings. The molecular weight excluding hydrogens is 376 g/mol. The van der Waals surface area contributed by atoms with Crippen LogP contribution in [0.4, 0.5) is 5.69 Å². The number of rotatable bonds is 6. The summed E-state index contributed by atoms with van der Waals surface area (Å²) in [4.78, 5) is 27.6. The lowest BCUT2D eigenvalue weighted by atomic mass is 9.61. The highest BCUT2D eigenvalue weighted by Gasteiger charge is 2.56. The Morgan fingerprint density at radius 1 is 1.14 bits per heavy atom. The number of oxime groups is 1. The van der Waals surface area contributed by atoms with Crippen LogP contribution in [0, 0.1) is 11.8 Å². The molecule has 0 saturated heterocycles. The number of benzene rings is 1. The quantitative estimate of drug-likeness (QED) is 0.423. The van der Waals surface area contributed by atoms with E-state index in [0.717, 1.165) is 5.69 Å². The maximum absolute atomic E-state index is 12.8. The van der Waals surface area contributed by atoms with Crippen LogP contribution in [0.5, 0.6) is 0 Å². The van der Waals surface area contributed by atoms with Gasteiger partial charge in [0, 0.05) is 32.1 Å². The molecule has 160 valence electrons. The third-order valence-corrected chi connectivity index (χ3v) is 5.29. The monoisotopic (exact) mass is 406 g/mol. The van der Waals surface area contributed by atoms with Gasteiger partial charge in [-0.2, -0.15) is 0 Å². The van der Waals surface area contributed by atoms with E-state index in [1.54, 1.807) is 26.0 Å². The predicted octanol–water partition coefficient (Wildman–Crippen LogP) is 2.18. The molecule has 8 heteroatoms. The smallest absolute Gasteiger partial charge is 0.315 e. The number of hydrogen-bond acceptors (Lipinski definition) is 8. The van der Waals surface area contributed by atoms with Crippen LogP contribution < -0.4 is 4.90 Å². The van der Waals surface area contributed by atoms with Crippen molar-refractivity contribution in [2.75, 3.05) is 32.2 Å². The molecule has 1 aromatic carbocycles. The van der Waals surface area contributed by atoms with Crippen LogP contribution in [-0.2, 0) is 19.1 Å². The van der Waals surface area contributed by atoms with Crippen molar-refractivity contribution in [3.8, 4) is 0 Å². The second kappa shape index (κ2) is 9.26. The molecule has 2 N–H and O–H groups in total. The first kappa shape index (κ1) is 22.7. The molecule has 0 spiro atoms. The minimum absolute atomic E-state index is 0.0793. The molecule has 2 rings (SSSR count). The van der Waals surface area contributed by atoms with Crippen molar-refractivity contribution in [1.29, 1.82) is 0 Å². The largest absolute Gasteiger partial charge is 0.466 e. The van der Waals surface area contributed by atoms with Crippen LogP contribution in [0.15, 0.2) is 29.4 Å². The average Bonchev–Trinajstić information content (AvgIpc) is 2.66. The van der Waals surface area contributed by atoms with Crippen molar-refractivity contribution < 1.29 is 29.4 Å². The molecule has 0 heterocycles. The van der Waals surface area contributed by atoms with Gasteiger partial charge in [0.25, 0.3) is 0 Å². The van der Waals surface area contributed by atoms with Crippen LogP contribution in [-0.4, -0.2) is 60.9 Å². The third-order valence-electron chi connectivity index (χ3n) is 5.29. The molecule has 0 aromatic heterocycles. The van der Waals surface area contributed by atoms with Gasteiger partial charge < -0.3 is 24.7 Å². The number of hydrogen-bond donors (Lipinski definition) is 2. The summed E-state index contributed by atoms with van der Waals surface area (Å²) in [7, 11) is 3.81. The van der Waals surface area contributed by atoms with Gasteiger partial charge in [0.15, 0.2) is 0 Å². The lowest BCUT2D eigenvalue weighted by molar-refractivity contribution is -0.163. The van der Waals surface area contributed by atoms with Crippen LogP contribution >= 0.6 is 0 Å². The second-order valence-corrected chi connectivity index (χ2v) is 7.60. The SMILES string of the molecule is CCOC(=O)[C@@H]1/C(=N/O)C[C@@](C)(O)[C@H](C(=O)OCC)[C@@H]1c1ccc(N(C)C)cc1. The first-order chi connectivity index (χ1) is 13.7. The van der Waals surface area contributed by atoms with Crippen molar-refractivity contribution in [3.63, 3.8) is 0 Å². The van der Waals surface area contributed by atoms with E-state index in [9.17, 15) is 19.9 Å². The van der Waals surface area contributed by atoms with Gasteiger partial charge >= 0.3 is 11.9 Å². The lowest BCUT2D eigenvalue weighted by Crippen LogP contribution is -2.55. The summed E-state index contributed by atoms with van der Waals surface area (Å²) in [5.74, 6) is -4.07. The lowest BCUT2D eigenvalue weighted by Gasteiger charge is -2.44. The Kier molecular flexibility index (Phi) is 7.24. The van der Waals surface area contributed by atoms with Crippen molar-refractivity contribution in [1.82, 2.24) is 0 Å². The van der Waals surface area contributed by atoms with Crippen molar-refractivity contribution >= 4 is 23.3 Å². The zero-order valence-electron chi connectivity index (χ0n) is 17.6. The number of aliphatic hydroxyl groups is 1. The Labute approximate surface area is 171 Å². The average molecular weight is 406 g/mol. The zero-order valence-corrected chi connectivity index (χ0v) is 17.6. The molecule has 1 aliphatic rings. The van der Waals surface area contributed by atoms with Gasteiger partial charge in [-0.3, -0.25) is 9.59 Å². The molecule has 1 aromatic rings. The summed E-state index contributed by atoms with van der Waals surface area (Å²) in [6.07, 6.45) is -0.150. The summed E-state index contributed by atoms with van der Waals surface area (Å²) in [6, 6.07) is 7.32. The Morgan fingerprint density at radius 2 is 1.69 bits per heavy atom. The number of esters is 2. The normalized spacial score (nSPS) is 28.1. The van der Waals surface area contributed by atoms with E-state index in [0.29, 0.717) is 5.56 Å². The number of ether oxygens (including phenoxy) is 2. The van der Waals surface area contributed by atoms with Gasteiger partial charge in [-0.15, -0.1) is 0 Å². The van der Waals surface area contributed by atoms with E-state index < -0.39 is 35.3 Å². The van der Waals surface area contributed by atoms with Gasteiger partial charge in [0.05, 0.1) is 30.4 Å². The molecule has 8 nitrogen and oxygen atoms in total. The van der Waals surface area contributed by atoms with Crippen LogP contribution in [0.2, 0.25) is 0 Å². The Bertz CT molecular complexity index is 757. The first-order valence-electron chi connectivity index (χ1n) is 9.71. The van der Waals surface area contributed by atoms with Crippen LogP contribution in [0.3, 0.4) is 0 Å². The minimum atomic E-state index is -1.57. The maximum atomic E-state index is 12.8. The Balaban J connectivity index is 2.65. The number of carbonyl (C=O) groups is 2. The highest BCUT2D eigenvalue weighted by atomic mass is 16.5. The van der Waals surface area contributed by atoms with Gasteiger partial charge in [0.1, 0.15) is 5.92 Å². The molecule has 1 saturated carbocycles. The van der Waals surface area contributed by atoms with E-state index in [4.69, 9.17) is 9.47 Å². The summed E-state index contributed by atoms with van der Waals surface area (Å²) in [5.41, 5.74) is 0.0954. The first-order valence-corrected chi connectivity index (χ1v) is 9.71. The second-order valence-electron chi connectivity index (χ2n) is 7.60. The highest BCUT2D eigenvalue weighted by Crippen LogP contribution is 2.47. The van der Waals surface area contributed by atoms with Crippen molar-refractivity contribution in [2.24, 2.45) is 17.0 Å². The van der Waals surface area contributed by atoms with E-state index in [1.807, 2.05) is 31.1 Å². The zero-order chi connectivity index (χ0) is 21.8. The summed E-state index contributed by atoms with van der Waals surface area (Å²) in [6.45, 7) is 5.13. The fourth-order valence-electron chi connectivity index (χ4n) is 4.00. The molecular formula is C21H30N2O6.